The number of carbonyl (C=O) groups is 3. The minimum Gasteiger partial charge on any atom is -0.480 e. The maximum Gasteiger partial charge on any atom is 0.472 e. The van der Waals surface area contributed by atoms with Crippen molar-refractivity contribution in [3.8, 4) is 0 Å². The topological polar surface area (TPSA) is 169 Å². The number of ether oxygens (including phenoxy) is 1. The van der Waals surface area contributed by atoms with E-state index in [1.807, 2.05) is 0 Å². The number of amides is 1. The molecule has 336 valence electrons. The van der Waals surface area contributed by atoms with E-state index in [0.29, 0.717) is 12.8 Å². The SMILES string of the molecule is CC/C=C\C/C=C\C/C=C\CCCCCC(=O)OCC(O)COP(=O)(O)OCC(NC(=O)CCCCCCCCCCCCC/C=C/CCCCCCCC)C(=O)O. The predicted octanol–water partition coefficient (Wildman–Crippen LogP) is 11.8. The highest BCUT2D eigenvalue weighted by atomic mass is 31.2. The first-order valence-electron chi connectivity index (χ1n) is 22.7. The lowest BCUT2D eigenvalue weighted by Crippen LogP contribution is -2.43. The monoisotopic (exact) mass is 840 g/mol. The Morgan fingerprint density at radius 2 is 1.00 bits per heavy atom. The normalized spacial score (nSPS) is 14.1. The number of phosphoric ester groups is 1. The third kappa shape index (κ3) is 40.2. The lowest BCUT2D eigenvalue weighted by atomic mass is 10.0. The van der Waals surface area contributed by atoms with Crippen molar-refractivity contribution >= 4 is 25.7 Å². The molecule has 0 aromatic heterocycles. The second kappa shape index (κ2) is 41.2. The number of carbonyl (C=O) groups excluding carboxylic acids is 2. The van der Waals surface area contributed by atoms with Gasteiger partial charge in [0.1, 0.15) is 12.7 Å². The molecule has 0 aliphatic heterocycles. The Kier molecular flexibility index (Phi) is 39.4. The molecule has 3 atom stereocenters. The van der Waals surface area contributed by atoms with Gasteiger partial charge in [0.15, 0.2) is 6.04 Å². The number of aliphatic hydroxyl groups is 1. The lowest BCUT2D eigenvalue weighted by Gasteiger charge is -2.18. The number of carboxylic acids is 1. The largest absolute Gasteiger partial charge is 0.480 e. The summed E-state index contributed by atoms with van der Waals surface area (Å²) < 4.78 is 26.8. The first-order valence-corrected chi connectivity index (χ1v) is 24.2. The average Bonchev–Trinajstić information content (AvgIpc) is 3.20. The molecule has 0 saturated carbocycles. The van der Waals surface area contributed by atoms with Crippen LogP contribution < -0.4 is 5.32 Å². The molecule has 0 aliphatic carbocycles. The highest BCUT2D eigenvalue weighted by Crippen LogP contribution is 2.43. The van der Waals surface area contributed by atoms with Gasteiger partial charge in [-0.2, -0.15) is 0 Å². The van der Waals surface area contributed by atoms with Crippen LogP contribution in [0.5, 0.6) is 0 Å². The Morgan fingerprint density at radius 1 is 0.569 bits per heavy atom. The van der Waals surface area contributed by atoms with E-state index in [4.69, 9.17) is 13.8 Å². The molecule has 0 saturated heterocycles. The fourth-order valence-electron chi connectivity index (χ4n) is 6.09. The van der Waals surface area contributed by atoms with E-state index < -0.39 is 57.6 Å². The van der Waals surface area contributed by atoms with Crippen molar-refractivity contribution in [1.82, 2.24) is 5.32 Å². The first kappa shape index (κ1) is 55.4. The number of aliphatic carboxylic acids is 1. The van der Waals surface area contributed by atoms with Gasteiger partial charge >= 0.3 is 19.8 Å². The van der Waals surface area contributed by atoms with Gasteiger partial charge in [-0.3, -0.25) is 18.6 Å². The van der Waals surface area contributed by atoms with E-state index in [9.17, 15) is 34.1 Å². The standard InChI is InChI=1S/C46H82NO10P/c1-3-5-7-9-11-13-15-17-18-19-20-21-22-23-24-26-27-29-31-33-35-37-44(49)47-43(46(51)52)41-57-58(53,54)56-40-42(48)39-55-45(50)38-36-34-32-30-28-25-16-14-12-10-8-6-4-2/h6,8,12,14,17-18,25,28,42-43,48H,3-5,7,9-11,13,15-16,19-24,26-27,29-41H2,1-2H3,(H,47,49)(H,51,52)(H,53,54)/b8-6-,14-12-,18-17+,28-25-. The molecule has 0 radical (unpaired) electrons. The highest BCUT2D eigenvalue weighted by molar-refractivity contribution is 7.47. The van der Waals surface area contributed by atoms with Gasteiger partial charge in [-0.05, 0) is 70.6 Å². The van der Waals surface area contributed by atoms with Crippen LogP contribution in [0.4, 0.5) is 0 Å². The number of rotatable bonds is 42. The van der Waals surface area contributed by atoms with Gasteiger partial charge in [-0.1, -0.05) is 159 Å². The van der Waals surface area contributed by atoms with E-state index in [2.05, 4.69) is 67.8 Å². The van der Waals surface area contributed by atoms with Crippen molar-refractivity contribution in [3.63, 3.8) is 0 Å². The summed E-state index contributed by atoms with van der Waals surface area (Å²) in [6, 6.07) is -1.55. The fraction of sp³-hybridized carbons (Fsp3) is 0.761. The van der Waals surface area contributed by atoms with E-state index in [-0.39, 0.29) is 12.8 Å². The zero-order valence-electron chi connectivity index (χ0n) is 36.3. The number of aliphatic hydroxyl groups excluding tert-OH is 1. The third-order valence-electron chi connectivity index (χ3n) is 9.60. The highest BCUT2D eigenvalue weighted by Gasteiger charge is 2.28. The van der Waals surface area contributed by atoms with Gasteiger partial charge in [0.05, 0.1) is 13.2 Å². The van der Waals surface area contributed by atoms with Crippen molar-refractivity contribution in [2.75, 3.05) is 19.8 Å². The molecule has 0 spiro atoms. The van der Waals surface area contributed by atoms with E-state index in [1.54, 1.807) is 0 Å². The van der Waals surface area contributed by atoms with Crippen molar-refractivity contribution < 1.29 is 47.8 Å². The van der Waals surface area contributed by atoms with Crippen molar-refractivity contribution in [3.05, 3.63) is 48.6 Å². The molecular weight excluding hydrogens is 757 g/mol. The number of allylic oxidation sites excluding steroid dienone is 8. The molecule has 58 heavy (non-hydrogen) atoms. The number of hydrogen-bond acceptors (Lipinski definition) is 8. The van der Waals surface area contributed by atoms with Crippen LogP contribution in [0.2, 0.25) is 0 Å². The maximum absolute atomic E-state index is 12.3. The summed E-state index contributed by atoms with van der Waals surface area (Å²) in [5, 5.41) is 21.8. The molecule has 0 aromatic rings. The molecule has 0 heterocycles. The zero-order valence-corrected chi connectivity index (χ0v) is 37.2. The average molecular weight is 840 g/mol. The smallest absolute Gasteiger partial charge is 0.472 e. The second-order valence-corrected chi connectivity index (χ2v) is 16.7. The number of nitrogens with one attached hydrogen (secondary N) is 1. The van der Waals surface area contributed by atoms with Crippen LogP contribution in [0.3, 0.4) is 0 Å². The van der Waals surface area contributed by atoms with Crippen molar-refractivity contribution in [1.29, 1.82) is 0 Å². The molecule has 1 amide bonds. The Hall–Kier alpha value is -2.56. The van der Waals surface area contributed by atoms with E-state index in [1.165, 1.54) is 96.3 Å². The Balaban J connectivity index is 3.89. The van der Waals surface area contributed by atoms with Crippen LogP contribution in [0.1, 0.15) is 194 Å². The molecule has 0 fully saturated rings. The third-order valence-corrected chi connectivity index (χ3v) is 10.6. The predicted molar refractivity (Wildman–Crippen MR) is 235 cm³/mol. The molecule has 0 rings (SSSR count). The molecule has 12 heteroatoms. The van der Waals surface area contributed by atoms with Gasteiger partial charge < -0.3 is 25.2 Å². The molecule has 4 N–H and O–H groups in total. The zero-order chi connectivity index (χ0) is 42.8. The van der Waals surface area contributed by atoms with Crippen molar-refractivity contribution in [2.45, 2.75) is 206 Å². The number of unbranched alkanes of at least 4 members (excludes halogenated alkanes) is 20. The summed E-state index contributed by atoms with van der Waals surface area (Å²) in [6.07, 6.45) is 45.7. The quantitative estimate of drug-likeness (QED) is 0.0201. The van der Waals surface area contributed by atoms with Gasteiger partial charge in [0, 0.05) is 12.8 Å². The van der Waals surface area contributed by atoms with Crippen molar-refractivity contribution in [2.24, 2.45) is 0 Å². The van der Waals surface area contributed by atoms with E-state index >= 15 is 0 Å². The summed E-state index contributed by atoms with van der Waals surface area (Å²) in [7, 11) is -4.76. The van der Waals surface area contributed by atoms with Crippen LogP contribution in [-0.4, -0.2) is 64.9 Å². The Morgan fingerprint density at radius 3 is 1.53 bits per heavy atom. The van der Waals surface area contributed by atoms with Crippen LogP contribution in [-0.2, 0) is 32.7 Å². The molecule has 0 bridgehead atoms. The molecule has 0 aromatic carbocycles. The fourth-order valence-corrected chi connectivity index (χ4v) is 6.86. The van der Waals surface area contributed by atoms with Crippen LogP contribution in [0.25, 0.3) is 0 Å². The lowest BCUT2D eigenvalue weighted by molar-refractivity contribution is -0.147. The molecular formula is C46H82NO10P. The summed E-state index contributed by atoms with van der Waals surface area (Å²) in [5.41, 5.74) is 0. The minimum absolute atomic E-state index is 0.142. The van der Waals surface area contributed by atoms with Gasteiger partial charge in [-0.25, -0.2) is 9.36 Å². The first-order chi connectivity index (χ1) is 28.1. The Labute approximate surface area is 352 Å². The van der Waals surface area contributed by atoms with Gasteiger partial charge in [0.2, 0.25) is 5.91 Å². The summed E-state index contributed by atoms with van der Waals surface area (Å²) in [4.78, 5) is 45.9. The number of phosphoric acid groups is 1. The van der Waals surface area contributed by atoms with E-state index in [0.717, 1.165) is 57.8 Å². The van der Waals surface area contributed by atoms with Crippen LogP contribution in [0, 0.1) is 0 Å². The van der Waals surface area contributed by atoms with Gasteiger partial charge in [0.25, 0.3) is 0 Å². The molecule has 0 aliphatic rings. The summed E-state index contributed by atoms with van der Waals surface area (Å²) >= 11 is 0. The van der Waals surface area contributed by atoms with Gasteiger partial charge in [-0.15, -0.1) is 0 Å². The molecule has 3 unspecified atom stereocenters. The summed E-state index contributed by atoms with van der Waals surface area (Å²) in [5.74, 6) is -2.41. The maximum atomic E-state index is 12.3. The number of carboxylic acid groups (broad SMARTS) is 1. The second-order valence-electron chi connectivity index (χ2n) is 15.2. The summed E-state index contributed by atoms with van der Waals surface area (Å²) in [6.45, 7) is 2.45. The number of esters is 1. The van der Waals surface area contributed by atoms with Crippen LogP contribution in [0.15, 0.2) is 48.6 Å². The van der Waals surface area contributed by atoms with Crippen LogP contribution >= 0.6 is 7.82 Å². The molecule has 11 nitrogen and oxygen atoms in total. The Bertz CT molecular complexity index is 1170. The number of hydrogen-bond donors (Lipinski definition) is 4. The minimum atomic E-state index is -4.76.